The van der Waals surface area contributed by atoms with Gasteiger partial charge in [-0.3, -0.25) is 14.4 Å². The first-order valence-corrected chi connectivity index (χ1v) is 10.4. The molecule has 1 aromatic heterocycles. The molecule has 8 nitrogen and oxygen atoms in total. The zero-order valence-electron chi connectivity index (χ0n) is 17.4. The number of rotatable bonds is 10. The number of fused-ring (bicyclic) bond motifs is 1. The van der Waals surface area contributed by atoms with Gasteiger partial charge in [0.2, 0.25) is 17.6 Å². The summed E-state index contributed by atoms with van der Waals surface area (Å²) in [6.07, 6.45) is 6.89. The van der Waals surface area contributed by atoms with Crippen LogP contribution in [-0.2, 0) is 9.59 Å². The Bertz CT molecular complexity index is 893. The highest BCUT2D eigenvalue weighted by molar-refractivity contribution is 6.04. The Balaban J connectivity index is 1.37. The summed E-state index contributed by atoms with van der Waals surface area (Å²) < 4.78 is 4.98. The fourth-order valence-corrected chi connectivity index (χ4v) is 3.38. The number of oxazole rings is 1. The van der Waals surface area contributed by atoms with Gasteiger partial charge in [-0.25, -0.2) is 4.98 Å². The van der Waals surface area contributed by atoms with Gasteiger partial charge in [-0.15, -0.1) is 0 Å². The van der Waals surface area contributed by atoms with Gasteiger partial charge in [0.1, 0.15) is 12.3 Å². The van der Waals surface area contributed by atoms with Gasteiger partial charge in [0.15, 0.2) is 0 Å². The topological polar surface area (TPSA) is 113 Å². The number of anilines is 3. The van der Waals surface area contributed by atoms with Gasteiger partial charge in [-0.1, -0.05) is 26.7 Å². The zero-order chi connectivity index (χ0) is 21.5. The number of carbonyl (C=O) groups is 3. The van der Waals surface area contributed by atoms with Crippen LogP contribution in [0, 0.1) is 5.92 Å². The molecule has 2 heterocycles. The van der Waals surface area contributed by atoms with Crippen molar-refractivity contribution >= 4 is 34.7 Å². The average Bonchev–Trinajstić information content (AvgIpc) is 3.24. The third-order valence-electron chi connectivity index (χ3n) is 5.05. The third kappa shape index (κ3) is 5.68. The third-order valence-corrected chi connectivity index (χ3v) is 5.05. The fourth-order valence-electron chi connectivity index (χ4n) is 3.38. The van der Waals surface area contributed by atoms with Crippen molar-refractivity contribution in [2.24, 2.45) is 5.92 Å². The molecule has 3 rings (SSSR count). The second-order valence-electron chi connectivity index (χ2n) is 7.84. The molecule has 1 aliphatic rings. The van der Waals surface area contributed by atoms with Crippen molar-refractivity contribution in [1.29, 1.82) is 0 Å². The molecule has 1 aromatic carbocycles. The minimum Gasteiger partial charge on any atom is -0.442 e. The summed E-state index contributed by atoms with van der Waals surface area (Å²) in [6.45, 7) is 3.98. The van der Waals surface area contributed by atoms with Gasteiger partial charge in [-0.2, -0.15) is 0 Å². The Morgan fingerprint density at radius 3 is 2.60 bits per heavy atom. The summed E-state index contributed by atoms with van der Waals surface area (Å²) in [4.78, 5) is 40.0. The number of nitrogens with one attached hydrogen (secondary N) is 3. The first kappa shape index (κ1) is 21.5. The maximum atomic E-state index is 12.2. The summed E-state index contributed by atoms with van der Waals surface area (Å²) in [7, 11) is 0. The van der Waals surface area contributed by atoms with Crippen molar-refractivity contribution in [3.05, 3.63) is 36.5 Å². The van der Waals surface area contributed by atoms with Crippen LogP contribution in [0.3, 0.4) is 0 Å². The number of nitrogens with zero attached hydrogens (tertiary/aromatic N) is 1. The van der Waals surface area contributed by atoms with Gasteiger partial charge >= 0.3 is 0 Å². The van der Waals surface area contributed by atoms with Crippen LogP contribution in [0.15, 0.2) is 35.1 Å². The van der Waals surface area contributed by atoms with Crippen LogP contribution < -0.4 is 16.0 Å². The monoisotopic (exact) mass is 412 g/mol. The van der Waals surface area contributed by atoms with Crippen molar-refractivity contribution < 1.29 is 18.8 Å². The summed E-state index contributed by atoms with van der Waals surface area (Å²) in [5.74, 6) is 0.109. The summed E-state index contributed by atoms with van der Waals surface area (Å²) in [6, 6.07) is 5.20. The summed E-state index contributed by atoms with van der Waals surface area (Å²) in [5, 5.41) is 9.01. The van der Waals surface area contributed by atoms with Crippen LogP contribution in [0.5, 0.6) is 0 Å². The Kier molecular flexibility index (Phi) is 7.21. The molecule has 160 valence electrons. The Morgan fingerprint density at radius 1 is 1.13 bits per heavy atom. The SMILES string of the molecule is CC(C)[C@@H]1Nc2ccc(NC(=O)CCCCCCC(=O)c3ncco3)cc2NC1=O. The van der Waals surface area contributed by atoms with Crippen molar-refractivity contribution in [1.82, 2.24) is 4.98 Å². The highest BCUT2D eigenvalue weighted by Gasteiger charge is 2.27. The zero-order valence-corrected chi connectivity index (χ0v) is 17.4. The van der Waals surface area contributed by atoms with E-state index >= 15 is 0 Å². The van der Waals surface area contributed by atoms with Gasteiger partial charge in [0.05, 0.1) is 17.6 Å². The molecule has 1 atom stereocenters. The van der Waals surface area contributed by atoms with Gasteiger partial charge in [0.25, 0.3) is 5.89 Å². The predicted octanol–water partition coefficient (Wildman–Crippen LogP) is 4.23. The summed E-state index contributed by atoms with van der Waals surface area (Å²) >= 11 is 0. The van der Waals surface area contributed by atoms with E-state index < -0.39 is 0 Å². The van der Waals surface area contributed by atoms with Crippen LogP contribution in [0.25, 0.3) is 0 Å². The van der Waals surface area contributed by atoms with Gasteiger partial charge in [-0.05, 0) is 37.0 Å². The van der Waals surface area contributed by atoms with E-state index in [-0.39, 0.29) is 35.4 Å². The van der Waals surface area contributed by atoms with Crippen molar-refractivity contribution in [2.75, 3.05) is 16.0 Å². The van der Waals surface area contributed by atoms with E-state index in [4.69, 9.17) is 4.42 Å². The molecule has 0 aliphatic carbocycles. The Morgan fingerprint density at radius 2 is 1.90 bits per heavy atom. The van der Waals surface area contributed by atoms with E-state index in [2.05, 4.69) is 20.9 Å². The van der Waals surface area contributed by atoms with Crippen LogP contribution in [0.2, 0.25) is 0 Å². The lowest BCUT2D eigenvalue weighted by molar-refractivity contribution is -0.118. The lowest BCUT2D eigenvalue weighted by Crippen LogP contribution is -2.42. The van der Waals surface area contributed by atoms with Crippen molar-refractivity contribution in [3.8, 4) is 0 Å². The van der Waals surface area contributed by atoms with Crippen molar-refractivity contribution in [2.45, 2.75) is 58.4 Å². The number of Topliss-reactive ketones (excluding diaryl/α,β-unsaturated/α-hetero) is 1. The minimum atomic E-state index is -0.261. The van der Waals surface area contributed by atoms with E-state index in [0.29, 0.717) is 24.2 Å². The molecular weight excluding hydrogens is 384 g/mol. The number of aromatic nitrogens is 1. The maximum absolute atomic E-state index is 12.2. The second-order valence-corrected chi connectivity index (χ2v) is 7.84. The lowest BCUT2D eigenvalue weighted by atomic mass is 10.0. The minimum absolute atomic E-state index is 0.0673. The molecule has 2 aromatic rings. The highest BCUT2D eigenvalue weighted by Crippen LogP contribution is 2.31. The standard InChI is InChI=1S/C22H28N4O4/c1-14(2)20-21(29)26-17-13-15(9-10-16(17)25-20)24-19(28)8-6-4-3-5-7-18(27)22-23-11-12-30-22/h9-14,20,25H,3-8H2,1-2H3,(H,24,28)(H,26,29)/t20-/m0/s1. The summed E-state index contributed by atoms with van der Waals surface area (Å²) in [5.41, 5.74) is 2.18. The molecule has 0 radical (unpaired) electrons. The quantitative estimate of drug-likeness (QED) is 0.398. The van der Waals surface area contributed by atoms with Crippen LogP contribution in [0.4, 0.5) is 17.1 Å². The number of hydrogen-bond acceptors (Lipinski definition) is 6. The molecule has 2 amide bonds. The largest absolute Gasteiger partial charge is 0.442 e. The van der Waals surface area contributed by atoms with Crippen molar-refractivity contribution in [3.63, 3.8) is 0 Å². The van der Waals surface area contributed by atoms with E-state index in [1.165, 1.54) is 12.5 Å². The number of ketones is 1. The molecule has 1 aliphatic heterocycles. The normalized spacial score (nSPS) is 15.3. The number of unbranched alkanes of at least 4 members (excludes halogenated alkanes) is 3. The van der Waals surface area contributed by atoms with E-state index in [1.54, 1.807) is 6.07 Å². The van der Waals surface area contributed by atoms with Gasteiger partial charge < -0.3 is 20.4 Å². The lowest BCUT2D eigenvalue weighted by Gasteiger charge is -2.29. The first-order chi connectivity index (χ1) is 14.4. The molecule has 0 saturated heterocycles. The average molecular weight is 412 g/mol. The number of amides is 2. The smallest absolute Gasteiger partial charge is 0.263 e. The fraction of sp³-hybridized carbons (Fsp3) is 0.455. The van der Waals surface area contributed by atoms with Crippen LogP contribution in [0.1, 0.15) is 63.1 Å². The number of hydrogen-bond donors (Lipinski definition) is 3. The Hall–Kier alpha value is -3.16. The van der Waals surface area contributed by atoms with E-state index in [0.717, 1.165) is 31.4 Å². The molecule has 0 fully saturated rings. The van der Waals surface area contributed by atoms with Crippen LogP contribution >= 0.6 is 0 Å². The molecule has 0 unspecified atom stereocenters. The molecule has 3 N–H and O–H groups in total. The number of benzene rings is 1. The van der Waals surface area contributed by atoms with Gasteiger partial charge in [0, 0.05) is 18.5 Å². The highest BCUT2D eigenvalue weighted by atomic mass is 16.3. The Labute approximate surface area is 175 Å². The molecule has 0 saturated carbocycles. The molecule has 0 bridgehead atoms. The molecular formula is C22H28N4O4. The van der Waals surface area contributed by atoms with Crippen LogP contribution in [-0.4, -0.2) is 28.6 Å². The van der Waals surface area contributed by atoms with E-state index in [1.807, 2.05) is 26.0 Å². The molecule has 30 heavy (non-hydrogen) atoms. The number of carbonyl (C=O) groups excluding carboxylic acids is 3. The molecule has 8 heteroatoms. The second kappa shape index (κ2) is 10.0. The predicted molar refractivity (Wildman–Crippen MR) is 114 cm³/mol. The maximum Gasteiger partial charge on any atom is 0.263 e. The molecule has 0 spiro atoms. The van der Waals surface area contributed by atoms with E-state index in [9.17, 15) is 14.4 Å². The first-order valence-electron chi connectivity index (χ1n) is 10.4.